The summed E-state index contributed by atoms with van der Waals surface area (Å²) in [7, 11) is 1.88. The van der Waals surface area contributed by atoms with Gasteiger partial charge < -0.3 is 15.0 Å². The molecule has 2 fully saturated rings. The predicted molar refractivity (Wildman–Crippen MR) is 76.0 cm³/mol. The maximum atomic E-state index is 12.4. The first-order valence-corrected chi connectivity index (χ1v) is 7.70. The fraction of sp³-hybridized carbons (Fsp3) is 0.933. The van der Waals surface area contributed by atoms with Crippen LogP contribution in [0.25, 0.3) is 0 Å². The molecule has 1 aliphatic carbocycles. The number of rotatable bonds is 5. The Bertz CT molecular complexity index is 293. The van der Waals surface area contributed by atoms with Crippen molar-refractivity contribution < 1.29 is 9.53 Å². The molecule has 1 amide bonds. The molecule has 0 bridgehead atoms. The second-order valence-electron chi connectivity index (χ2n) is 6.29. The van der Waals surface area contributed by atoms with Crippen LogP contribution in [0.2, 0.25) is 0 Å². The van der Waals surface area contributed by atoms with Crippen molar-refractivity contribution in [3.8, 4) is 0 Å². The molecule has 4 heteroatoms. The van der Waals surface area contributed by atoms with Gasteiger partial charge >= 0.3 is 0 Å². The third-order valence-corrected chi connectivity index (χ3v) is 4.41. The van der Waals surface area contributed by atoms with Gasteiger partial charge in [0.2, 0.25) is 5.91 Å². The molecule has 19 heavy (non-hydrogen) atoms. The number of carbonyl (C=O) groups excluding carboxylic acids is 1. The largest absolute Gasteiger partial charge is 0.377 e. The molecule has 2 aliphatic rings. The van der Waals surface area contributed by atoms with E-state index in [1.807, 2.05) is 25.8 Å². The SMILES string of the molecule is CC(C)OCCN(C)C(=O)C1CC2CCCCC2N1. The predicted octanol–water partition coefficient (Wildman–Crippen LogP) is 1.79. The zero-order valence-electron chi connectivity index (χ0n) is 12.5. The van der Waals surface area contributed by atoms with Gasteiger partial charge in [-0.25, -0.2) is 0 Å². The van der Waals surface area contributed by atoms with Crippen molar-refractivity contribution in [1.29, 1.82) is 0 Å². The van der Waals surface area contributed by atoms with Gasteiger partial charge in [0.25, 0.3) is 0 Å². The molecule has 0 aromatic rings. The van der Waals surface area contributed by atoms with Gasteiger partial charge in [-0.2, -0.15) is 0 Å². The Morgan fingerprint density at radius 1 is 1.37 bits per heavy atom. The number of fused-ring (bicyclic) bond motifs is 1. The van der Waals surface area contributed by atoms with Crippen molar-refractivity contribution in [2.24, 2.45) is 5.92 Å². The van der Waals surface area contributed by atoms with Gasteiger partial charge in [-0.05, 0) is 39.0 Å². The van der Waals surface area contributed by atoms with Crippen LogP contribution < -0.4 is 5.32 Å². The van der Waals surface area contributed by atoms with Gasteiger partial charge in [-0.3, -0.25) is 4.79 Å². The maximum Gasteiger partial charge on any atom is 0.239 e. The summed E-state index contributed by atoms with van der Waals surface area (Å²) in [6.45, 7) is 5.35. The Morgan fingerprint density at radius 3 is 2.79 bits per heavy atom. The van der Waals surface area contributed by atoms with Gasteiger partial charge in [-0.1, -0.05) is 12.8 Å². The molecule has 3 atom stereocenters. The van der Waals surface area contributed by atoms with Crippen LogP contribution in [-0.4, -0.2) is 49.2 Å². The molecule has 0 spiro atoms. The van der Waals surface area contributed by atoms with Crippen LogP contribution >= 0.6 is 0 Å². The summed E-state index contributed by atoms with van der Waals surface area (Å²) in [5, 5.41) is 3.54. The minimum absolute atomic E-state index is 0.0390. The Hall–Kier alpha value is -0.610. The van der Waals surface area contributed by atoms with Gasteiger partial charge in [0.15, 0.2) is 0 Å². The van der Waals surface area contributed by atoms with Crippen LogP contribution in [0.1, 0.15) is 46.0 Å². The summed E-state index contributed by atoms with van der Waals surface area (Å²) in [4.78, 5) is 14.2. The average molecular weight is 268 g/mol. The fourth-order valence-electron chi connectivity index (χ4n) is 3.31. The maximum absolute atomic E-state index is 12.4. The number of hydrogen-bond acceptors (Lipinski definition) is 3. The van der Waals surface area contributed by atoms with E-state index >= 15 is 0 Å². The second kappa shape index (κ2) is 6.71. The minimum atomic E-state index is 0.0390. The summed E-state index contributed by atoms with van der Waals surface area (Å²) in [6, 6.07) is 0.625. The lowest BCUT2D eigenvalue weighted by Crippen LogP contribution is -2.45. The molecular formula is C15H28N2O2. The van der Waals surface area contributed by atoms with E-state index in [2.05, 4.69) is 5.32 Å². The van der Waals surface area contributed by atoms with Crippen molar-refractivity contribution in [3.63, 3.8) is 0 Å². The van der Waals surface area contributed by atoms with Crippen LogP contribution in [0.3, 0.4) is 0 Å². The molecule has 3 unspecified atom stereocenters. The molecule has 110 valence electrons. The molecule has 1 saturated carbocycles. The number of carbonyl (C=O) groups is 1. The van der Waals surface area contributed by atoms with E-state index in [0.29, 0.717) is 19.2 Å². The smallest absolute Gasteiger partial charge is 0.239 e. The third-order valence-electron chi connectivity index (χ3n) is 4.41. The van der Waals surface area contributed by atoms with Crippen LogP contribution in [0.5, 0.6) is 0 Å². The summed E-state index contributed by atoms with van der Waals surface area (Å²) >= 11 is 0. The summed E-state index contributed by atoms with van der Waals surface area (Å²) in [6.07, 6.45) is 6.44. The van der Waals surface area contributed by atoms with E-state index < -0.39 is 0 Å². The van der Waals surface area contributed by atoms with E-state index in [0.717, 1.165) is 12.3 Å². The zero-order chi connectivity index (χ0) is 13.8. The van der Waals surface area contributed by atoms with E-state index in [4.69, 9.17) is 4.74 Å². The van der Waals surface area contributed by atoms with Crippen LogP contribution in [0.15, 0.2) is 0 Å². The highest BCUT2D eigenvalue weighted by Crippen LogP contribution is 2.33. The highest BCUT2D eigenvalue weighted by Gasteiger charge is 2.38. The van der Waals surface area contributed by atoms with Crippen molar-refractivity contribution in [3.05, 3.63) is 0 Å². The summed E-state index contributed by atoms with van der Waals surface area (Å²) in [5.74, 6) is 0.963. The zero-order valence-corrected chi connectivity index (χ0v) is 12.5. The van der Waals surface area contributed by atoms with Crippen molar-refractivity contribution >= 4 is 5.91 Å². The fourth-order valence-corrected chi connectivity index (χ4v) is 3.31. The number of hydrogen-bond donors (Lipinski definition) is 1. The number of amides is 1. The molecule has 1 heterocycles. The number of likely N-dealkylation sites (N-methyl/N-ethyl adjacent to an activating group) is 1. The highest BCUT2D eigenvalue weighted by molar-refractivity contribution is 5.82. The average Bonchev–Trinajstić information content (AvgIpc) is 2.80. The summed E-state index contributed by atoms with van der Waals surface area (Å²) < 4.78 is 5.51. The Kier molecular flexibility index (Phi) is 5.22. The van der Waals surface area contributed by atoms with E-state index in [1.165, 1.54) is 25.7 Å². The Balaban J connectivity index is 1.76. The molecule has 0 radical (unpaired) electrons. The van der Waals surface area contributed by atoms with Crippen LogP contribution in [0, 0.1) is 5.92 Å². The quantitative estimate of drug-likeness (QED) is 0.826. The molecule has 1 aliphatic heterocycles. The van der Waals surface area contributed by atoms with Gasteiger partial charge in [0.1, 0.15) is 0 Å². The number of nitrogens with zero attached hydrogens (tertiary/aromatic N) is 1. The molecule has 0 aromatic carbocycles. The lowest BCUT2D eigenvalue weighted by atomic mass is 9.85. The molecular weight excluding hydrogens is 240 g/mol. The molecule has 2 rings (SSSR count). The molecule has 1 saturated heterocycles. The van der Waals surface area contributed by atoms with Crippen molar-refractivity contribution in [1.82, 2.24) is 10.2 Å². The van der Waals surface area contributed by atoms with Crippen LogP contribution in [-0.2, 0) is 9.53 Å². The lowest BCUT2D eigenvalue weighted by Gasteiger charge is -2.24. The van der Waals surface area contributed by atoms with Gasteiger partial charge in [0.05, 0.1) is 18.8 Å². The minimum Gasteiger partial charge on any atom is -0.377 e. The van der Waals surface area contributed by atoms with Crippen molar-refractivity contribution in [2.45, 2.75) is 64.1 Å². The Morgan fingerprint density at radius 2 is 2.11 bits per heavy atom. The summed E-state index contributed by atoms with van der Waals surface area (Å²) in [5.41, 5.74) is 0. The van der Waals surface area contributed by atoms with E-state index in [-0.39, 0.29) is 18.1 Å². The first-order chi connectivity index (χ1) is 9.08. The van der Waals surface area contributed by atoms with Crippen LogP contribution in [0.4, 0.5) is 0 Å². The first kappa shape index (κ1) is 14.8. The van der Waals surface area contributed by atoms with Crippen molar-refractivity contribution in [2.75, 3.05) is 20.2 Å². The highest BCUT2D eigenvalue weighted by atomic mass is 16.5. The lowest BCUT2D eigenvalue weighted by molar-refractivity contribution is -0.132. The molecule has 4 nitrogen and oxygen atoms in total. The van der Waals surface area contributed by atoms with Gasteiger partial charge in [0, 0.05) is 19.6 Å². The standard InChI is InChI=1S/C15H28N2O2/c1-11(2)19-9-8-17(3)15(18)14-10-12-6-4-5-7-13(12)16-14/h11-14,16H,4-10H2,1-3H3. The van der Waals surface area contributed by atoms with E-state index in [9.17, 15) is 4.79 Å². The number of nitrogens with one attached hydrogen (secondary N) is 1. The monoisotopic (exact) mass is 268 g/mol. The number of ether oxygens (including phenoxy) is 1. The Labute approximate surface area is 116 Å². The van der Waals surface area contributed by atoms with E-state index in [1.54, 1.807) is 0 Å². The molecule has 1 N–H and O–H groups in total. The first-order valence-electron chi connectivity index (χ1n) is 7.70. The topological polar surface area (TPSA) is 41.6 Å². The normalized spacial score (nSPS) is 30.4. The molecule has 0 aromatic heterocycles. The second-order valence-corrected chi connectivity index (χ2v) is 6.29. The third kappa shape index (κ3) is 3.93. The van der Waals surface area contributed by atoms with Gasteiger partial charge in [-0.15, -0.1) is 0 Å².